The second-order valence-corrected chi connectivity index (χ2v) is 4.69. The van der Waals surface area contributed by atoms with Gasteiger partial charge in [0.1, 0.15) is 5.75 Å². The molecule has 106 valence electrons. The Labute approximate surface area is 114 Å². The Morgan fingerprint density at radius 3 is 2.68 bits per heavy atom. The van der Waals surface area contributed by atoms with Crippen LogP contribution in [0.1, 0.15) is 6.92 Å². The highest BCUT2D eigenvalue weighted by atomic mass is 16.5. The number of methoxy groups -OCH3 is 1. The normalized spacial score (nSPS) is 12.3. The van der Waals surface area contributed by atoms with E-state index >= 15 is 0 Å². The van der Waals surface area contributed by atoms with Gasteiger partial charge in [-0.2, -0.15) is 0 Å². The molecule has 1 atom stereocenters. The molecule has 0 heterocycles. The van der Waals surface area contributed by atoms with E-state index in [0.29, 0.717) is 17.5 Å². The lowest BCUT2D eigenvalue weighted by molar-refractivity contribution is -0.115. The fourth-order valence-corrected chi connectivity index (χ4v) is 1.52. The molecule has 5 nitrogen and oxygen atoms in total. The van der Waals surface area contributed by atoms with Crippen molar-refractivity contribution in [1.29, 1.82) is 0 Å². The third kappa shape index (κ3) is 5.28. The Morgan fingerprint density at radius 2 is 2.05 bits per heavy atom. The van der Waals surface area contributed by atoms with Crippen molar-refractivity contribution in [2.75, 3.05) is 39.6 Å². The van der Waals surface area contributed by atoms with Crippen LogP contribution in [0.3, 0.4) is 0 Å². The van der Waals surface area contributed by atoms with Crippen LogP contribution in [0.15, 0.2) is 24.3 Å². The number of ether oxygens (including phenoxy) is 1. The summed E-state index contributed by atoms with van der Waals surface area (Å²) in [6.07, 6.45) is 0. The summed E-state index contributed by atoms with van der Waals surface area (Å²) in [4.78, 5) is 13.9. The highest BCUT2D eigenvalue weighted by Gasteiger charge is 2.08. The summed E-state index contributed by atoms with van der Waals surface area (Å²) < 4.78 is 5.18. The van der Waals surface area contributed by atoms with Gasteiger partial charge in [0.25, 0.3) is 0 Å². The molecule has 0 fully saturated rings. The summed E-state index contributed by atoms with van der Waals surface area (Å²) in [6, 6.07) is 7.75. The quantitative estimate of drug-likeness (QED) is 0.777. The summed E-state index contributed by atoms with van der Waals surface area (Å²) in [5, 5.41) is 5.95. The number of hydrogen-bond donors (Lipinski definition) is 2. The van der Waals surface area contributed by atoms with E-state index in [1.807, 2.05) is 38.4 Å². The minimum atomic E-state index is -0.0737. The van der Waals surface area contributed by atoms with Gasteiger partial charge in [-0.15, -0.1) is 0 Å². The van der Waals surface area contributed by atoms with Gasteiger partial charge in [-0.05, 0) is 33.2 Å². The molecule has 1 aromatic carbocycles. The Hall–Kier alpha value is -1.59. The van der Waals surface area contributed by atoms with Crippen LogP contribution in [0, 0.1) is 0 Å². The van der Waals surface area contributed by atoms with E-state index in [0.717, 1.165) is 6.54 Å². The fraction of sp³-hybridized carbons (Fsp3) is 0.500. The van der Waals surface area contributed by atoms with Crippen LogP contribution in [-0.2, 0) is 4.79 Å². The van der Waals surface area contributed by atoms with Gasteiger partial charge in [-0.3, -0.25) is 4.79 Å². The zero-order valence-corrected chi connectivity index (χ0v) is 12.1. The number of benzene rings is 1. The maximum absolute atomic E-state index is 11.8. The zero-order valence-electron chi connectivity index (χ0n) is 12.1. The Morgan fingerprint density at radius 1 is 1.37 bits per heavy atom. The van der Waals surface area contributed by atoms with Crippen molar-refractivity contribution in [3.05, 3.63) is 24.3 Å². The van der Waals surface area contributed by atoms with Crippen molar-refractivity contribution in [2.24, 2.45) is 0 Å². The molecule has 0 saturated heterocycles. The van der Waals surface area contributed by atoms with Gasteiger partial charge in [0, 0.05) is 12.6 Å². The molecule has 1 unspecified atom stereocenters. The zero-order chi connectivity index (χ0) is 14.3. The summed E-state index contributed by atoms with van der Waals surface area (Å²) >= 11 is 0. The molecule has 0 bridgehead atoms. The molecule has 1 rings (SSSR count). The molecule has 0 aromatic heterocycles. The molecule has 19 heavy (non-hydrogen) atoms. The van der Waals surface area contributed by atoms with Crippen LogP contribution < -0.4 is 15.4 Å². The summed E-state index contributed by atoms with van der Waals surface area (Å²) in [7, 11) is 5.62. The topological polar surface area (TPSA) is 53.6 Å². The number of nitrogens with one attached hydrogen (secondary N) is 2. The molecule has 0 radical (unpaired) electrons. The van der Waals surface area contributed by atoms with Gasteiger partial charge < -0.3 is 20.3 Å². The summed E-state index contributed by atoms with van der Waals surface area (Å²) in [5.41, 5.74) is 0.692. The standard InChI is InChI=1S/C14H23N3O2/c1-11(17(2)3)9-15-10-14(18)16-12-7-5-6-8-13(12)19-4/h5-8,11,15H,9-10H2,1-4H3,(H,16,18). The molecule has 2 N–H and O–H groups in total. The second kappa shape index (κ2) is 7.76. The van der Waals surface area contributed by atoms with E-state index in [4.69, 9.17) is 4.74 Å². The van der Waals surface area contributed by atoms with Crippen LogP contribution in [0.2, 0.25) is 0 Å². The van der Waals surface area contributed by atoms with Crippen molar-refractivity contribution in [3.63, 3.8) is 0 Å². The third-order valence-electron chi connectivity index (χ3n) is 2.99. The van der Waals surface area contributed by atoms with E-state index in [1.165, 1.54) is 0 Å². The lowest BCUT2D eigenvalue weighted by Gasteiger charge is -2.19. The fourth-order valence-electron chi connectivity index (χ4n) is 1.52. The number of hydrogen-bond acceptors (Lipinski definition) is 4. The number of rotatable bonds is 7. The molecular formula is C14H23N3O2. The van der Waals surface area contributed by atoms with Crippen molar-refractivity contribution >= 4 is 11.6 Å². The average molecular weight is 265 g/mol. The Bertz CT molecular complexity index is 407. The highest BCUT2D eigenvalue weighted by Crippen LogP contribution is 2.22. The monoisotopic (exact) mass is 265 g/mol. The van der Waals surface area contributed by atoms with Crippen LogP contribution in [-0.4, -0.2) is 51.1 Å². The minimum absolute atomic E-state index is 0.0737. The van der Waals surface area contributed by atoms with Crippen LogP contribution in [0.5, 0.6) is 5.75 Å². The first kappa shape index (κ1) is 15.5. The molecule has 0 aliphatic heterocycles. The number of anilines is 1. The number of likely N-dealkylation sites (N-methyl/N-ethyl adjacent to an activating group) is 1. The van der Waals surface area contributed by atoms with Gasteiger partial charge in [-0.25, -0.2) is 0 Å². The molecule has 0 spiro atoms. The SMILES string of the molecule is COc1ccccc1NC(=O)CNCC(C)N(C)C. The predicted molar refractivity (Wildman–Crippen MR) is 77.6 cm³/mol. The van der Waals surface area contributed by atoms with Crippen molar-refractivity contribution in [3.8, 4) is 5.75 Å². The Kier molecular flexibility index (Phi) is 6.32. The molecule has 0 saturated carbocycles. The number of nitrogens with zero attached hydrogens (tertiary/aromatic N) is 1. The minimum Gasteiger partial charge on any atom is -0.495 e. The largest absolute Gasteiger partial charge is 0.495 e. The number of carbonyl (C=O) groups is 1. The van der Waals surface area contributed by atoms with Gasteiger partial charge in [0.2, 0.25) is 5.91 Å². The molecule has 1 amide bonds. The molecular weight excluding hydrogens is 242 g/mol. The van der Waals surface area contributed by atoms with E-state index in [2.05, 4.69) is 22.5 Å². The maximum atomic E-state index is 11.8. The second-order valence-electron chi connectivity index (χ2n) is 4.69. The molecule has 5 heteroatoms. The van der Waals surface area contributed by atoms with Gasteiger partial charge in [-0.1, -0.05) is 12.1 Å². The van der Waals surface area contributed by atoms with Gasteiger partial charge >= 0.3 is 0 Å². The maximum Gasteiger partial charge on any atom is 0.238 e. The number of carbonyl (C=O) groups excluding carboxylic acids is 1. The first-order valence-corrected chi connectivity index (χ1v) is 6.34. The van der Waals surface area contributed by atoms with Crippen molar-refractivity contribution in [2.45, 2.75) is 13.0 Å². The highest BCUT2D eigenvalue weighted by molar-refractivity contribution is 5.93. The number of para-hydroxylation sites is 2. The van der Waals surface area contributed by atoms with E-state index in [9.17, 15) is 4.79 Å². The molecule has 1 aromatic rings. The predicted octanol–water partition coefficient (Wildman–Crippen LogP) is 1.17. The van der Waals surface area contributed by atoms with Crippen LogP contribution in [0.25, 0.3) is 0 Å². The third-order valence-corrected chi connectivity index (χ3v) is 2.99. The van der Waals surface area contributed by atoms with Crippen LogP contribution >= 0.6 is 0 Å². The first-order valence-electron chi connectivity index (χ1n) is 6.34. The molecule has 0 aliphatic rings. The van der Waals surface area contributed by atoms with Crippen molar-refractivity contribution < 1.29 is 9.53 Å². The summed E-state index contributed by atoms with van der Waals surface area (Å²) in [6.45, 7) is 3.16. The van der Waals surface area contributed by atoms with Gasteiger partial charge in [0.05, 0.1) is 19.3 Å². The number of amides is 1. The lowest BCUT2D eigenvalue weighted by atomic mass is 10.3. The lowest BCUT2D eigenvalue weighted by Crippen LogP contribution is -2.38. The van der Waals surface area contributed by atoms with E-state index in [1.54, 1.807) is 7.11 Å². The van der Waals surface area contributed by atoms with Gasteiger partial charge in [0.15, 0.2) is 0 Å². The molecule has 0 aliphatic carbocycles. The van der Waals surface area contributed by atoms with Crippen molar-refractivity contribution in [1.82, 2.24) is 10.2 Å². The van der Waals surface area contributed by atoms with Crippen LogP contribution in [0.4, 0.5) is 5.69 Å². The average Bonchev–Trinajstić information content (AvgIpc) is 2.39. The first-order chi connectivity index (χ1) is 9.04. The Balaban J connectivity index is 2.39. The van der Waals surface area contributed by atoms with E-state index in [-0.39, 0.29) is 12.5 Å². The smallest absolute Gasteiger partial charge is 0.238 e. The summed E-state index contributed by atoms with van der Waals surface area (Å²) in [5.74, 6) is 0.591. The van der Waals surface area contributed by atoms with E-state index < -0.39 is 0 Å².